The molecule has 1 aliphatic rings. The van der Waals surface area contributed by atoms with Crippen LogP contribution in [0.5, 0.6) is 0 Å². The molecule has 0 unspecified atom stereocenters. The highest BCUT2D eigenvalue weighted by molar-refractivity contribution is 5.92. The molecule has 1 amide bonds. The maximum absolute atomic E-state index is 12.4. The second-order valence-corrected chi connectivity index (χ2v) is 7.27. The van der Waals surface area contributed by atoms with E-state index < -0.39 is 0 Å². The fourth-order valence-corrected chi connectivity index (χ4v) is 3.33. The molecule has 5 heteroatoms. The van der Waals surface area contributed by atoms with Gasteiger partial charge in [0.05, 0.1) is 0 Å². The molecule has 0 saturated carbocycles. The van der Waals surface area contributed by atoms with Crippen LogP contribution >= 0.6 is 0 Å². The van der Waals surface area contributed by atoms with Crippen LogP contribution in [0.4, 0.5) is 0 Å². The standard InChI is InChI=1S/C20H27N3O2/c1-14(2)19-12-18(22-25-19)20(24)21-17-9-10-23(15(3)11-17)13-16-7-5-4-6-8-16/h4-8,12,14-15,17H,9-11,13H2,1-3H3,(H,21,24)/t15-,17+/m1/s1. The molecule has 25 heavy (non-hydrogen) atoms. The minimum atomic E-state index is -0.135. The molecule has 2 aromatic rings. The quantitative estimate of drug-likeness (QED) is 0.903. The largest absolute Gasteiger partial charge is 0.360 e. The van der Waals surface area contributed by atoms with Crippen LogP contribution in [0.3, 0.4) is 0 Å². The van der Waals surface area contributed by atoms with Gasteiger partial charge in [0.1, 0.15) is 5.76 Å². The number of likely N-dealkylation sites (tertiary alicyclic amines) is 1. The number of hydrogen-bond donors (Lipinski definition) is 1. The number of nitrogens with one attached hydrogen (secondary N) is 1. The van der Waals surface area contributed by atoms with Crippen molar-refractivity contribution in [1.29, 1.82) is 0 Å². The first kappa shape index (κ1) is 17.7. The van der Waals surface area contributed by atoms with Crippen LogP contribution < -0.4 is 5.32 Å². The molecule has 1 aromatic heterocycles. The average molecular weight is 341 g/mol. The molecule has 1 saturated heterocycles. The Morgan fingerprint density at radius 2 is 2.12 bits per heavy atom. The van der Waals surface area contributed by atoms with Crippen LogP contribution in [-0.4, -0.2) is 34.6 Å². The summed E-state index contributed by atoms with van der Waals surface area (Å²) in [7, 11) is 0. The Balaban J connectivity index is 1.53. The zero-order valence-corrected chi connectivity index (χ0v) is 15.2. The molecular formula is C20H27N3O2. The highest BCUT2D eigenvalue weighted by Crippen LogP contribution is 2.21. The van der Waals surface area contributed by atoms with Crippen molar-refractivity contribution in [3.63, 3.8) is 0 Å². The van der Waals surface area contributed by atoms with Crippen molar-refractivity contribution in [1.82, 2.24) is 15.4 Å². The molecule has 5 nitrogen and oxygen atoms in total. The van der Waals surface area contributed by atoms with Gasteiger partial charge < -0.3 is 9.84 Å². The summed E-state index contributed by atoms with van der Waals surface area (Å²) in [5.74, 6) is 0.843. The number of hydrogen-bond acceptors (Lipinski definition) is 4. The van der Waals surface area contributed by atoms with Gasteiger partial charge in [-0.05, 0) is 25.3 Å². The van der Waals surface area contributed by atoms with Crippen molar-refractivity contribution in [2.24, 2.45) is 0 Å². The van der Waals surface area contributed by atoms with Gasteiger partial charge in [0.2, 0.25) is 0 Å². The third kappa shape index (κ3) is 4.48. The monoisotopic (exact) mass is 341 g/mol. The zero-order chi connectivity index (χ0) is 17.8. The number of carbonyl (C=O) groups excluding carboxylic acids is 1. The maximum Gasteiger partial charge on any atom is 0.273 e. The Labute approximate surface area is 149 Å². The number of benzene rings is 1. The van der Waals surface area contributed by atoms with E-state index in [2.05, 4.69) is 46.6 Å². The van der Waals surface area contributed by atoms with E-state index in [1.807, 2.05) is 19.9 Å². The Hall–Kier alpha value is -2.14. The van der Waals surface area contributed by atoms with Gasteiger partial charge >= 0.3 is 0 Å². The van der Waals surface area contributed by atoms with E-state index in [9.17, 15) is 4.79 Å². The summed E-state index contributed by atoms with van der Waals surface area (Å²) < 4.78 is 5.22. The van der Waals surface area contributed by atoms with Crippen LogP contribution in [0.25, 0.3) is 0 Å². The summed E-state index contributed by atoms with van der Waals surface area (Å²) in [4.78, 5) is 14.9. The molecule has 1 N–H and O–H groups in total. The van der Waals surface area contributed by atoms with E-state index in [1.54, 1.807) is 6.07 Å². The lowest BCUT2D eigenvalue weighted by Gasteiger charge is -2.37. The van der Waals surface area contributed by atoms with Crippen molar-refractivity contribution >= 4 is 5.91 Å². The Kier molecular flexibility index (Phi) is 5.53. The lowest BCUT2D eigenvalue weighted by atomic mass is 9.97. The van der Waals surface area contributed by atoms with Crippen LogP contribution in [0.1, 0.15) is 61.3 Å². The van der Waals surface area contributed by atoms with Gasteiger partial charge in [-0.15, -0.1) is 0 Å². The van der Waals surface area contributed by atoms with E-state index in [-0.39, 0.29) is 17.9 Å². The van der Waals surface area contributed by atoms with Gasteiger partial charge in [-0.1, -0.05) is 49.3 Å². The van der Waals surface area contributed by atoms with Crippen molar-refractivity contribution in [2.45, 2.75) is 58.2 Å². The normalized spacial score (nSPS) is 21.4. The van der Waals surface area contributed by atoms with Crippen LogP contribution in [0, 0.1) is 0 Å². The van der Waals surface area contributed by atoms with Gasteiger partial charge in [-0.2, -0.15) is 0 Å². The molecule has 0 radical (unpaired) electrons. The van der Waals surface area contributed by atoms with Gasteiger partial charge in [0.15, 0.2) is 5.69 Å². The van der Waals surface area contributed by atoms with E-state index in [1.165, 1.54) is 5.56 Å². The molecule has 2 heterocycles. The molecule has 2 atom stereocenters. The molecule has 0 aliphatic carbocycles. The average Bonchev–Trinajstić information content (AvgIpc) is 3.09. The fraction of sp³-hybridized carbons (Fsp3) is 0.500. The van der Waals surface area contributed by atoms with E-state index in [0.29, 0.717) is 11.7 Å². The molecule has 1 aliphatic heterocycles. The third-order valence-electron chi connectivity index (χ3n) is 4.91. The van der Waals surface area contributed by atoms with Crippen LogP contribution in [-0.2, 0) is 6.54 Å². The fourth-order valence-electron chi connectivity index (χ4n) is 3.33. The van der Waals surface area contributed by atoms with Gasteiger partial charge in [-0.3, -0.25) is 9.69 Å². The summed E-state index contributed by atoms with van der Waals surface area (Å²) in [6, 6.07) is 12.9. The van der Waals surface area contributed by atoms with Gasteiger partial charge in [-0.25, -0.2) is 0 Å². The van der Waals surface area contributed by atoms with E-state index >= 15 is 0 Å². The molecule has 0 spiro atoms. The number of amides is 1. The van der Waals surface area contributed by atoms with Crippen molar-refractivity contribution in [3.05, 3.63) is 53.4 Å². The van der Waals surface area contributed by atoms with Gasteiger partial charge in [0, 0.05) is 37.2 Å². The number of rotatable bonds is 5. The van der Waals surface area contributed by atoms with Crippen LogP contribution in [0.2, 0.25) is 0 Å². The third-order valence-corrected chi connectivity index (χ3v) is 4.91. The topological polar surface area (TPSA) is 58.4 Å². The summed E-state index contributed by atoms with van der Waals surface area (Å²) in [5, 5.41) is 7.01. The Morgan fingerprint density at radius 3 is 2.76 bits per heavy atom. The number of carbonyl (C=O) groups is 1. The smallest absolute Gasteiger partial charge is 0.273 e. The SMILES string of the molecule is CC(C)c1cc(C(=O)N[C@H]2CCN(Cc3ccccc3)[C@H](C)C2)no1. The van der Waals surface area contributed by atoms with E-state index in [0.717, 1.165) is 31.7 Å². The molecular weight excluding hydrogens is 314 g/mol. The first-order valence-electron chi connectivity index (χ1n) is 9.08. The highest BCUT2D eigenvalue weighted by atomic mass is 16.5. The van der Waals surface area contributed by atoms with Gasteiger partial charge in [0.25, 0.3) is 5.91 Å². The Morgan fingerprint density at radius 1 is 1.36 bits per heavy atom. The molecule has 0 bridgehead atoms. The predicted octanol–water partition coefficient (Wildman–Crippen LogP) is 3.58. The summed E-state index contributed by atoms with van der Waals surface area (Å²) in [6.07, 6.45) is 1.91. The molecule has 3 rings (SSSR count). The second kappa shape index (κ2) is 7.83. The summed E-state index contributed by atoms with van der Waals surface area (Å²) >= 11 is 0. The minimum absolute atomic E-state index is 0.135. The number of aromatic nitrogens is 1. The number of piperidine rings is 1. The first-order chi connectivity index (χ1) is 12.0. The maximum atomic E-state index is 12.4. The second-order valence-electron chi connectivity index (χ2n) is 7.27. The molecule has 1 fully saturated rings. The van der Waals surface area contributed by atoms with Crippen LogP contribution in [0.15, 0.2) is 40.9 Å². The van der Waals surface area contributed by atoms with Crippen molar-refractivity contribution in [2.75, 3.05) is 6.54 Å². The van der Waals surface area contributed by atoms with Crippen molar-refractivity contribution < 1.29 is 9.32 Å². The number of nitrogens with zero attached hydrogens (tertiary/aromatic N) is 2. The zero-order valence-electron chi connectivity index (χ0n) is 15.2. The molecule has 134 valence electrons. The van der Waals surface area contributed by atoms with E-state index in [4.69, 9.17) is 4.52 Å². The summed E-state index contributed by atoms with van der Waals surface area (Å²) in [5.41, 5.74) is 1.71. The predicted molar refractivity (Wildman–Crippen MR) is 97.4 cm³/mol. The Bertz CT molecular complexity index is 696. The first-order valence-corrected chi connectivity index (χ1v) is 9.08. The lowest BCUT2D eigenvalue weighted by molar-refractivity contribution is 0.0858. The minimum Gasteiger partial charge on any atom is -0.360 e. The summed E-state index contributed by atoms with van der Waals surface area (Å²) in [6.45, 7) is 8.22. The van der Waals surface area contributed by atoms with Crippen molar-refractivity contribution in [3.8, 4) is 0 Å². The molecule has 1 aromatic carbocycles. The lowest BCUT2D eigenvalue weighted by Crippen LogP contribution is -2.48. The highest BCUT2D eigenvalue weighted by Gasteiger charge is 2.27.